The number of aromatic nitrogens is 5. The molecule has 6 heteroatoms. The average Bonchev–Trinajstić information content (AvgIpc) is 2.86. The van der Waals surface area contributed by atoms with Crippen molar-refractivity contribution in [1.29, 1.82) is 0 Å². The lowest BCUT2D eigenvalue weighted by molar-refractivity contribution is 0.225. The Morgan fingerprint density at radius 3 is 3.06 bits per heavy atom. The molecule has 2 aromatic heterocycles. The van der Waals surface area contributed by atoms with E-state index in [0.29, 0.717) is 19.0 Å². The van der Waals surface area contributed by atoms with Crippen LogP contribution in [0, 0.1) is 0 Å². The molecule has 94 valence electrons. The maximum absolute atomic E-state index is 5.05. The minimum absolute atomic E-state index is 0.605. The topological polar surface area (TPSA) is 65.7 Å². The van der Waals surface area contributed by atoms with Gasteiger partial charge < -0.3 is 4.74 Å². The predicted octanol–water partition coefficient (Wildman–Crippen LogP) is 1.33. The molecular formula is C12H15N5O. The molecule has 0 unspecified atom stereocenters. The van der Waals surface area contributed by atoms with Gasteiger partial charge in [-0.25, -0.2) is 4.68 Å². The van der Waals surface area contributed by atoms with Gasteiger partial charge in [0.05, 0.1) is 13.2 Å². The molecule has 18 heavy (non-hydrogen) atoms. The number of hydrogen-bond acceptors (Lipinski definition) is 5. The van der Waals surface area contributed by atoms with Gasteiger partial charge in [0.2, 0.25) is 5.82 Å². The molecule has 0 bridgehead atoms. The summed E-state index contributed by atoms with van der Waals surface area (Å²) in [5.74, 6) is 0.664. The summed E-state index contributed by atoms with van der Waals surface area (Å²) >= 11 is 0. The Bertz CT molecular complexity index is 520. The summed E-state index contributed by atoms with van der Waals surface area (Å²) in [7, 11) is 1.67. The molecular weight excluding hydrogens is 230 g/mol. The van der Waals surface area contributed by atoms with E-state index in [0.717, 1.165) is 11.3 Å². The first-order valence-corrected chi connectivity index (χ1v) is 5.63. The van der Waals surface area contributed by atoms with Crippen molar-refractivity contribution in [2.75, 3.05) is 13.7 Å². The second-order valence-corrected chi connectivity index (χ2v) is 3.88. The summed E-state index contributed by atoms with van der Waals surface area (Å²) in [5, 5.41) is 11.6. The summed E-state index contributed by atoms with van der Waals surface area (Å²) in [6.45, 7) is 3.23. The summed E-state index contributed by atoms with van der Waals surface area (Å²) in [4.78, 5) is 4.24. The molecule has 0 aliphatic carbocycles. The van der Waals surface area contributed by atoms with Crippen LogP contribution >= 0.6 is 0 Å². The van der Waals surface area contributed by atoms with Crippen LogP contribution in [0.4, 0.5) is 0 Å². The summed E-state index contributed by atoms with van der Waals surface area (Å²) in [5.41, 5.74) is 1.90. The van der Waals surface area contributed by atoms with Crippen molar-refractivity contribution >= 4 is 0 Å². The largest absolute Gasteiger partial charge is 0.380 e. The van der Waals surface area contributed by atoms with Gasteiger partial charge >= 0.3 is 0 Å². The number of rotatable bonds is 5. The molecule has 0 fully saturated rings. The number of pyridine rings is 1. The molecule has 0 atom stereocenters. The number of hydrogen-bond donors (Lipinski definition) is 0. The van der Waals surface area contributed by atoms with Gasteiger partial charge in [-0.2, -0.15) is 0 Å². The zero-order valence-corrected chi connectivity index (χ0v) is 10.4. The van der Waals surface area contributed by atoms with Gasteiger partial charge in [0.1, 0.15) is 5.69 Å². The highest BCUT2D eigenvalue weighted by Crippen LogP contribution is 2.11. The lowest BCUT2D eigenvalue weighted by Crippen LogP contribution is -2.03. The van der Waals surface area contributed by atoms with Crippen molar-refractivity contribution in [1.82, 2.24) is 25.2 Å². The number of tetrazole rings is 1. The third kappa shape index (κ3) is 2.98. The Morgan fingerprint density at radius 1 is 1.44 bits per heavy atom. The highest BCUT2D eigenvalue weighted by molar-refractivity contribution is 5.47. The van der Waals surface area contributed by atoms with E-state index >= 15 is 0 Å². The molecule has 0 aliphatic rings. The lowest BCUT2D eigenvalue weighted by atomic mass is 10.3. The summed E-state index contributed by atoms with van der Waals surface area (Å²) in [6.07, 6.45) is 3.76. The normalized spacial score (nSPS) is 11.8. The molecule has 2 heterocycles. The van der Waals surface area contributed by atoms with E-state index in [4.69, 9.17) is 4.74 Å². The van der Waals surface area contributed by atoms with Crippen molar-refractivity contribution in [2.24, 2.45) is 0 Å². The van der Waals surface area contributed by atoms with Crippen molar-refractivity contribution in [3.63, 3.8) is 0 Å². The molecule has 0 aliphatic heterocycles. The van der Waals surface area contributed by atoms with E-state index < -0.39 is 0 Å². The van der Waals surface area contributed by atoms with Crippen LogP contribution in [0.5, 0.6) is 0 Å². The highest BCUT2D eigenvalue weighted by atomic mass is 16.5. The van der Waals surface area contributed by atoms with Gasteiger partial charge in [-0.3, -0.25) is 4.98 Å². The zero-order valence-electron chi connectivity index (χ0n) is 10.4. The van der Waals surface area contributed by atoms with Crippen LogP contribution < -0.4 is 0 Å². The minimum Gasteiger partial charge on any atom is -0.380 e. The maximum Gasteiger partial charge on any atom is 0.200 e. The molecule has 0 N–H and O–H groups in total. The number of ether oxygens (including phenoxy) is 1. The van der Waals surface area contributed by atoms with Gasteiger partial charge in [0, 0.05) is 13.3 Å². The fraction of sp³-hybridized carbons (Fsp3) is 0.333. The van der Waals surface area contributed by atoms with E-state index in [-0.39, 0.29) is 0 Å². The van der Waals surface area contributed by atoms with Crippen LogP contribution in [0.2, 0.25) is 0 Å². The first kappa shape index (κ1) is 12.4. The average molecular weight is 245 g/mol. The molecule has 0 spiro atoms. The fourth-order valence-corrected chi connectivity index (χ4v) is 1.53. The molecule has 2 aromatic rings. The fourth-order valence-electron chi connectivity index (χ4n) is 1.53. The van der Waals surface area contributed by atoms with E-state index in [9.17, 15) is 0 Å². The predicted molar refractivity (Wildman–Crippen MR) is 66.7 cm³/mol. The Balaban J connectivity index is 2.16. The van der Waals surface area contributed by atoms with Gasteiger partial charge in [-0.15, -0.1) is 5.10 Å². The minimum atomic E-state index is 0.605. The molecule has 0 saturated carbocycles. The van der Waals surface area contributed by atoms with Crippen molar-refractivity contribution in [3.8, 4) is 11.5 Å². The molecule has 0 amide bonds. The molecule has 6 nitrogen and oxygen atoms in total. The van der Waals surface area contributed by atoms with E-state index in [2.05, 4.69) is 20.5 Å². The summed E-state index contributed by atoms with van der Waals surface area (Å²) < 4.78 is 6.76. The van der Waals surface area contributed by atoms with Crippen molar-refractivity contribution in [3.05, 3.63) is 36.0 Å². The standard InChI is InChI=1S/C12H15N5O/c1-10(9-18-2)6-8-17-12(14-15-16-17)11-5-3-4-7-13-11/h3-7H,8-9H2,1-2H3. The van der Waals surface area contributed by atoms with Gasteiger partial charge in [0.15, 0.2) is 0 Å². The Kier molecular flexibility index (Phi) is 4.14. The molecule has 0 radical (unpaired) electrons. The van der Waals surface area contributed by atoms with Crippen molar-refractivity contribution in [2.45, 2.75) is 13.5 Å². The third-order valence-electron chi connectivity index (χ3n) is 2.41. The zero-order chi connectivity index (χ0) is 12.8. The Labute approximate surface area is 105 Å². The first-order valence-electron chi connectivity index (χ1n) is 5.63. The van der Waals surface area contributed by atoms with Crippen LogP contribution in [0.3, 0.4) is 0 Å². The second kappa shape index (κ2) is 6.02. The quantitative estimate of drug-likeness (QED) is 0.743. The van der Waals surface area contributed by atoms with Crippen LogP contribution in [0.15, 0.2) is 36.0 Å². The molecule has 0 saturated heterocycles. The lowest BCUT2D eigenvalue weighted by Gasteiger charge is -2.02. The number of methoxy groups -OCH3 is 1. The Hall–Kier alpha value is -2.08. The van der Waals surface area contributed by atoms with Gasteiger partial charge in [0.25, 0.3) is 0 Å². The van der Waals surface area contributed by atoms with Gasteiger partial charge in [-0.1, -0.05) is 12.1 Å². The van der Waals surface area contributed by atoms with Crippen LogP contribution in [0.25, 0.3) is 11.5 Å². The van der Waals surface area contributed by atoms with Gasteiger partial charge in [-0.05, 0) is 35.1 Å². The van der Waals surface area contributed by atoms with Crippen molar-refractivity contribution < 1.29 is 4.74 Å². The smallest absolute Gasteiger partial charge is 0.200 e. The highest BCUT2D eigenvalue weighted by Gasteiger charge is 2.08. The van der Waals surface area contributed by atoms with Crippen LogP contribution in [-0.2, 0) is 11.3 Å². The molecule has 2 rings (SSSR count). The van der Waals surface area contributed by atoms with Crippen LogP contribution in [-0.4, -0.2) is 38.9 Å². The first-order chi connectivity index (χ1) is 8.81. The summed E-state index contributed by atoms with van der Waals surface area (Å²) in [6, 6.07) is 5.65. The Morgan fingerprint density at radius 2 is 2.33 bits per heavy atom. The SMILES string of the molecule is COCC(C)=CCn1nnnc1-c1ccccn1. The second-order valence-electron chi connectivity index (χ2n) is 3.88. The monoisotopic (exact) mass is 245 g/mol. The maximum atomic E-state index is 5.05. The van der Waals surface area contributed by atoms with E-state index in [1.165, 1.54) is 0 Å². The molecule has 0 aromatic carbocycles. The van der Waals surface area contributed by atoms with E-state index in [1.807, 2.05) is 31.2 Å². The third-order valence-corrected chi connectivity index (χ3v) is 2.41. The van der Waals surface area contributed by atoms with E-state index in [1.54, 1.807) is 18.0 Å². The number of allylic oxidation sites excluding steroid dienone is 1. The number of nitrogens with zero attached hydrogens (tertiary/aromatic N) is 5. The van der Waals surface area contributed by atoms with Crippen LogP contribution in [0.1, 0.15) is 6.92 Å².